The van der Waals surface area contributed by atoms with Gasteiger partial charge in [-0.15, -0.1) is 0 Å². The Labute approximate surface area is 82.0 Å². The van der Waals surface area contributed by atoms with Gasteiger partial charge in [0.15, 0.2) is 0 Å². The van der Waals surface area contributed by atoms with E-state index in [0.29, 0.717) is 0 Å². The molecule has 0 heterocycles. The van der Waals surface area contributed by atoms with Gasteiger partial charge in [0.1, 0.15) is 0 Å². The van der Waals surface area contributed by atoms with Crippen molar-refractivity contribution in [3.8, 4) is 0 Å². The summed E-state index contributed by atoms with van der Waals surface area (Å²) < 4.78 is 0. The first-order valence-corrected chi connectivity index (χ1v) is 5.20. The zero-order chi connectivity index (χ0) is 9.84. The van der Waals surface area contributed by atoms with E-state index in [1.54, 1.807) is 0 Å². The summed E-state index contributed by atoms with van der Waals surface area (Å²) in [5.74, 6) is 0. The van der Waals surface area contributed by atoms with Crippen LogP contribution >= 0.6 is 0 Å². The van der Waals surface area contributed by atoms with Gasteiger partial charge in [0.2, 0.25) is 0 Å². The first-order chi connectivity index (χ1) is 6.20. The van der Waals surface area contributed by atoms with Gasteiger partial charge in [-0.1, -0.05) is 26.3 Å². The van der Waals surface area contributed by atoms with Gasteiger partial charge in [-0.25, -0.2) is 0 Å². The average Bonchev–Trinajstić information content (AvgIpc) is 2.12. The lowest BCUT2D eigenvalue weighted by Crippen LogP contribution is -1.97. The predicted molar refractivity (Wildman–Crippen MR) is 58.1 cm³/mol. The highest BCUT2D eigenvalue weighted by molar-refractivity contribution is 5.39. The van der Waals surface area contributed by atoms with E-state index in [2.05, 4.69) is 39.8 Å². The van der Waals surface area contributed by atoms with Crippen molar-refractivity contribution < 1.29 is 0 Å². The molecule has 0 spiro atoms. The second kappa shape index (κ2) is 4.45. The van der Waals surface area contributed by atoms with Crippen LogP contribution in [0.25, 0.3) is 0 Å². The lowest BCUT2D eigenvalue weighted by atomic mass is 9.94. The molecule has 0 fully saturated rings. The van der Waals surface area contributed by atoms with Crippen LogP contribution in [-0.4, -0.2) is 0 Å². The van der Waals surface area contributed by atoms with Crippen LogP contribution in [0.15, 0.2) is 6.07 Å². The van der Waals surface area contributed by atoms with E-state index in [0.717, 1.165) is 6.42 Å². The van der Waals surface area contributed by atoms with Crippen LogP contribution in [0.4, 0.5) is 0 Å². The van der Waals surface area contributed by atoms with Crippen molar-refractivity contribution in [3.05, 3.63) is 34.4 Å². The molecule has 13 heavy (non-hydrogen) atoms. The molecule has 71 valence electrons. The highest BCUT2D eigenvalue weighted by atomic mass is 14.1. The van der Waals surface area contributed by atoms with Crippen LogP contribution in [-0.2, 0) is 12.8 Å². The Morgan fingerprint density at radius 2 is 1.92 bits per heavy atom. The summed E-state index contributed by atoms with van der Waals surface area (Å²) in [6, 6.07) is 5.49. The van der Waals surface area contributed by atoms with Crippen LogP contribution in [0.3, 0.4) is 0 Å². The molecule has 1 aromatic carbocycles. The molecule has 1 aromatic rings. The average molecular weight is 175 g/mol. The number of aryl methyl sites for hydroxylation is 2. The minimum atomic E-state index is 1.12. The van der Waals surface area contributed by atoms with Crippen molar-refractivity contribution in [3.63, 3.8) is 0 Å². The third kappa shape index (κ3) is 2.12. The van der Waals surface area contributed by atoms with Gasteiger partial charge >= 0.3 is 0 Å². The molecule has 0 aliphatic carbocycles. The zero-order valence-corrected chi connectivity index (χ0v) is 9.20. The third-order valence-electron chi connectivity index (χ3n) is 2.73. The fourth-order valence-corrected chi connectivity index (χ4v) is 1.86. The molecule has 0 unspecified atom stereocenters. The van der Waals surface area contributed by atoms with Crippen molar-refractivity contribution in [1.29, 1.82) is 0 Å². The zero-order valence-electron chi connectivity index (χ0n) is 9.20. The van der Waals surface area contributed by atoms with Gasteiger partial charge in [0.25, 0.3) is 0 Å². The topological polar surface area (TPSA) is 0 Å². The van der Waals surface area contributed by atoms with Crippen LogP contribution in [0.5, 0.6) is 0 Å². The minimum Gasteiger partial charge on any atom is -0.0651 e. The first-order valence-electron chi connectivity index (χ1n) is 5.20. The summed E-state index contributed by atoms with van der Waals surface area (Å²) in [6.45, 7) is 8.85. The normalized spacial score (nSPS) is 10.5. The Balaban J connectivity index is 3.13. The molecule has 0 nitrogen and oxygen atoms in total. The predicted octanol–water partition coefficient (Wildman–Crippen LogP) is 3.62. The van der Waals surface area contributed by atoms with Crippen molar-refractivity contribution in [2.45, 2.75) is 47.0 Å². The van der Waals surface area contributed by atoms with Gasteiger partial charge < -0.3 is 0 Å². The van der Waals surface area contributed by atoms with E-state index >= 15 is 0 Å². The molecule has 0 saturated carbocycles. The Morgan fingerprint density at radius 1 is 1.23 bits per heavy atom. The smallest absolute Gasteiger partial charge is 0.0146 e. The van der Waals surface area contributed by atoms with E-state index in [1.807, 2.05) is 0 Å². The lowest BCUT2D eigenvalue weighted by molar-refractivity contribution is 0.894. The second-order valence-corrected chi connectivity index (χ2v) is 3.65. The van der Waals surface area contributed by atoms with Gasteiger partial charge in [-0.05, 0) is 55.0 Å². The highest BCUT2D eigenvalue weighted by Gasteiger charge is 2.05. The third-order valence-corrected chi connectivity index (χ3v) is 2.73. The molecule has 1 radical (unpaired) electrons. The summed E-state index contributed by atoms with van der Waals surface area (Å²) in [5.41, 5.74) is 5.79. The second-order valence-electron chi connectivity index (χ2n) is 3.65. The molecule has 0 saturated heterocycles. The van der Waals surface area contributed by atoms with Crippen molar-refractivity contribution >= 4 is 0 Å². The minimum absolute atomic E-state index is 1.12. The molecule has 0 amide bonds. The number of benzene rings is 1. The largest absolute Gasteiger partial charge is 0.0651 e. The van der Waals surface area contributed by atoms with E-state index in [1.165, 1.54) is 35.1 Å². The van der Waals surface area contributed by atoms with Crippen LogP contribution in [0, 0.1) is 19.9 Å². The van der Waals surface area contributed by atoms with Crippen LogP contribution in [0.2, 0.25) is 0 Å². The molecule has 0 aromatic heterocycles. The summed E-state index contributed by atoms with van der Waals surface area (Å²) >= 11 is 0. The Hall–Kier alpha value is -0.780. The monoisotopic (exact) mass is 175 g/mol. The summed E-state index contributed by atoms with van der Waals surface area (Å²) in [6.07, 6.45) is 3.55. The molecule has 0 bridgehead atoms. The quantitative estimate of drug-likeness (QED) is 0.658. The molecular formula is C13H19. The summed E-state index contributed by atoms with van der Waals surface area (Å²) in [5, 5.41) is 0. The standard InChI is InChI=1S/C13H19/c1-5-7-13-10(3)8-9-12(6-2)11(13)4/h9H,5-7H2,1-4H3. The van der Waals surface area contributed by atoms with Crippen LogP contribution < -0.4 is 0 Å². The Kier molecular flexibility index (Phi) is 3.53. The number of rotatable bonds is 3. The van der Waals surface area contributed by atoms with Gasteiger partial charge in [0.05, 0.1) is 0 Å². The molecule has 0 atom stereocenters. The maximum Gasteiger partial charge on any atom is -0.0146 e. The lowest BCUT2D eigenvalue weighted by Gasteiger charge is -2.12. The van der Waals surface area contributed by atoms with Crippen molar-refractivity contribution in [2.24, 2.45) is 0 Å². The SMILES string of the molecule is CCCc1c(C)[c]cc(CC)c1C. The van der Waals surface area contributed by atoms with Crippen molar-refractivity contribution in [1.82, 2.24) is 0 Å². The Bertz CT molecular complexity index is 284. The van der Waals surface area contributed by atoms with E-state index in [9.17, 15) is 0 Å². The molecule has 0 N–H and O–H groups in total. The van der Waals surface area contributed by atoms with Gasteiger partial charge in [-0.2, -0.15) is 0 Å². The van der Waals surface area contributed by atoms with Crippen LogP contribution in [0.1, 0.15) is 42.5 Å². The van der Waals surface area contributed by atoms with Gasteiger partial charge in [0, 0.05) is 0 Å². The Morgan fingerprint density at radius 3 is 2.46 bits per heavy atom. The van der Waals surface area contributed by atoms with Gasteiger partial charge in [-0.3, -0.25) is 0 Å². The number of hydrogen-bond donors (Lipinski definition) is 0. The number of hydrogen-bond acceptors (Lipinski definition) is 0. The highest BCUT2D eigenvalue weighted by Crippen LogP contribution is 2.19. The summed E-state index contributed by atoms with van der Waals surface area (Å²) in [7, 11) is 0. The maximum absolute atomic E-state index is 3.35. The van der Waals surface area contributed by atoms with Crippen molar-refractivity contribution in [2.75, 3.05) is 0 Å². The first kappa shape index (κ1) is 10.3. The molecule has 0 heteroatoms. The van der Waals surface area contributed by atoms with E-state index < -0.39 is 0 Å². The molecule has 0 aliphatic heterocycles. The fourth-order valence-electron chi connectivity index (χ4n) is 1.86. The van der Waals surface area contributed by atoms with E-state index in [-0.39, 0.29) is 0 Å². The molecular weight excluding hydrogens is 156 g/mol. The molecule has 0 aliphatic rings. The fraction of sp³-hybridized carbons (Fsp3) is 0.538. The summed E-state index contributed by atoms with van der Waals surface area (Å²) in [4.78, 5) is 0. The maximum atomic E-state index is 3.35. The molecule has 1 rings (SSSR count). The van der Waals surface area contributed by atoms with E-state index in [4.69, 9.17) is 0 Å².